The first-order valence-corrected chi connectivity index (χ1v) is 12.5. The smallest absolute Gasteiger partial charge is 0.309 e. The summed E-state index contributed by atoms with van der Waals surface area (Å²) in [6.07, 6.45) is 0.0513. The number of ketones is 1. The number of hydrogen-bond donors (Lipinski definition) is 1. The molecule has 1 saturated heterocycles. The number of hydrogen-bond acceptors (Lipinski definition) is 7. The first-order chi connectivity index (χ1) is 18.6. The maximum absolute atomic E-state index is 13.4. The summed E-state index contributed by atoms with van der Waals surface area (Å²) in [6, 6.07) is 18.0. The molecule has 0 saturated carbocycles. The summed E-state index contributed by atoms with van der Waals surface area (Å²) in [6.45, 7) is 5.70. The van der Waals surface area contributed by atoms with E-state index in [0.29, 0.717) is 33.9 Å². The molecule has 8 heteroatoms. The normalized spacial score (nSPS) is 16.5. The Balaban J connectivity index is 1.83. The number of aryl methyl sites for hydroxylation is 1. The number of esters is 1. The van der Waals surface area contributed by atoms with Crippen LogP contribution in [0.1, 0.15) is 42.1 Å². The highest BCUT2D eigenvalue weighted by molar-refractivity contribution is 6.51. The number of ether oxygens (including phenoxy) is 3. The van der Waals surface area contributed by atoms with E-state index in [1.165, 1.54) is 12.0 Å². The third-order valence-corrected chi connectivity index (χ3v) is 6.48. The van der Waals surface area contributed by atoms with Crippen LogP contribution in [0.25, 0.3) is 5.76 Å². The van der Waals surface area contributed by atoms with Gasteiger partial charge in [0.05, 0.1) is 38.4 Å². The van der Waals surface area contributed by atoms with E-state index in [1.54, 1.807) is 73.8 Å². The van der Waals surface area contributed by atoms with Crippen molar-refractivity contribution in [3.05, 3.63) is 94.6 Å². The number of anilines is 1. The van der Waals surface area contributed by atoms with Gasteiger partial charge in [0.25, 0.3) is 11.7 Å². The molecule has 3 aromatic rings. The first-order valence-electron chi connectivity index (χ1n) is 12.5. The molecule has 0 aromatic heterocycles. The molecule has 1 aliphatic heterocycles. The highest BCUT2D eigenvalue weighted by Crippen LogP contribution is 2.43. The maximum atomic E-state index is 13.4. The van der Waals surface area contributed by atoms with Gasteiger partial charge in [0.15, 0.2) is 0 Å². The van der Waals surface area contributed by atoms with E-state index >= 15 is 0 Å². The number of carbonyl (C=O) groups is 3. The van der Waals surface area contributed by atoms with E-state index in [9.17, 15) is 19.5 Å². The molecule has 1 aliphatic rings. The van der Waals surface area contributed by atoms with E-state index in [0.717, 1.165) is 5.56 Å². The summed E-state index contributed by atoms with van der Waals surface area (Å²) < 4.78 is 15.8. The molecule has 1 atom stereocenters. The molecule has 4 rings (SSSR count). The molecular formula is C31H31NO7. The molecule has 1 unspecified atom stereocenters. The maximum Gasteiger partial charge on any atom is 0.309 e. The van der Waals surface area contributed by atoms with E-state index in [-0.39, 0.29) is 29.8 Å². The number of benzene rings is 3. The quantitative estimate of drug-likeness (QED) is 0.187. The van der Waals surface area contributed by atoms with Crippen LogP contribution in [0.4, 0.5) is 5.69 Å². The summed E-state index contributed by atoms with van der Waals surface area (Å²) in [5.74, 6) is -0.957. The van der Waals surface area contributed by atoms with Crippen LogP contribution in [0.5, 0.6) is 11.5 Å². The number of aliphatic hydroxyl groups excluding tert-OH is 1. The molecule has 1 heterocycles. The summed E-state index contributed by atoms with van der Waals surface area (Å²) in [7, 11) is 2.86. The lowest BCUT2D eigenvalue weighted by Gasteiger charge is -2.26. The fourth-order valence-corrected chi connectivity index (χ4v) is 4.55. The Morgan fingerprint density at radius 1 is 0.974 bits per heavy atom. The molecule has 39 heavy (non-hydrogen) atoms. The van der Waals surface area contributed by atoms with E-state index in [4.69, 9.17) is 14.2 Å². The lowest BCUT2D eigenvalue weighted by molar-refractivity contribution is -0.139. The van der Waals surface area contributed by atoms with Crippen LogP contribution in [-0.2, 0) is 25.5 Å². The first kappa shape index (κ1) is 27.4. The molecule has 1 amide bonds. The van der Waals surface area contributed by atoms with Crippen molar-refractivity contribution in [2.45, 2.75) is 39.3 Å². The minimum Gasteiger partial charge on any atom is -0.507 e. The van der Waals surface area contributed by atoms with Gasteiger partial charge in [0, 0.05) is 11.3 Å². The minimum absolute atomic E-state index is 0.0254. The average molecular weight is 530 g/mol. The van der Waals surface area contributed by atoms with Gasteiger partial charge in [-0.05, 0) is 79.9 Å². The Morgan fingerprint density at radius 3 is 2.21 bits per heavy atom. The lowest BCUT2D eigenvalue weighted by Crippen LogP contribution is -2.29. The summed E-state index contributed by atoms with van der Waals surface area (Å²) in [5.41, 5.74) is 2.91. The average Bonchev–Trinajstić information content (AvgIpc) is 3.19. The standard InChI is InChI=1S/C31H31NO7/c1-18(2)39-25-15-10-22(16-19(25)3)29(34)27-28(21-8-13-24(37-4)14-9-21)32(31(36)30(27)35)23-11-6-20(7-12-23)17-26(33)38-5/h6-16,18,28,34H,17H2,1-5H3/b29-27-. The van der Waals surface area contributed by atoms with Crippen molar-refractivity contribution in [1.29, 1.82) is 0 Å². The van der Waals surface area contributed by atoms with Gasteiger partial charge in [-0.1, -0.05) is 24.3 Å². The number of rotatable bonds is 8. The third kappa shape index (κ3) is 5.65. The second kappa shape index (κ2) is 11.4. The van der Waals surface area contributed by atoms with Crippen molar-refractivity contribution in [3.8, 4) is 11.5 Å². The second-order valence-electron chi connectivity index (χ2n) is 9.51. The second-order valence-corrected chi connectivity index (χ2v) is 9.51. The number of methoxy groups -OCH3 is 2. The zero-order chi connectivity index (χ0) is 28.3. The molecule has 1 N–H and O–H groups in total. The van der Waals surface area contributed by atoms with Crippen LogP contribution < -0.4 is 14.4 Å². The molecule has 8 nitrogen and oxygen atoms in total. The van der Waals surface area contributed by atoms with Gasteiger partial charge in [-0.15, -0.1) is 0 Å². The fraction of sp³-hybridized carbons (Fsp3) is 0.258. The highest BCUT2D eigenvalue weighted by atomic mass is 16.5. The molecule has 0 aliphatic carbocycles. The molecule has 202 valence electrons. The Bertz CT molecular complexity index is 1420. The Kier molecular flexibility index (Phi) is 8.04. The van der Waals surface area contributed by atoms with Crippen molar-refractivity contribution in [2.24, 2.45) is 0 Å². The van der Waals surface area contributed by atoms with Crippen LogP contribution in [0.3, 0.4) is 0 Å². The zero-order valence-electron chi connectivity index (χ0n) is 22.6. The molecule has 0 spiro atoms. The van der Waals surface area contributed by atoms with Gasteiger partial charge in [-0.2, -0.15) is 0 Å². The predicted octanol–water partition coefficient (Wildman–Crippen LogP) is 5.13. The lowest BCUT2D eigenvalue weighted by atomic mass is 9.94. The number of nitrogens with zero attached hydrogens (tertiary/aromatic N) is 1. The summed E-state index contributed by atoms with van der Waals surface area (Å²) in [5, 5.41) is 11.4. The highest BCUT2D eigenvalue weighted by Gasteiger charge is 2.47. The summed E-state index contributed by atoms with van der Waals surface area (Å²) >= 11 is 0. The topological polar surface area (TPSA) is 102 Å². The molecule has 0 bridgehead atoms. The number of aliphatic hydroxyl groups is 1. The molecular weight excluding hydrogens is 498 g/mol. The SMILES string of the molecule is COC(=O)Cc1ccc(N2C(=O)C(=O)/C(=C(\O)c3ccc(OC(C)C)c(C)c3)C2c2ccc(OC)cc2)cc1. The Hall–Kier alpha value is -4.59. The van der Waals surface area contributed by atoms with Crippen molar-refractivity contribution in [3.63, 3.8) is 0 Å². The number of Topliss-reactive ketones (excluding diaryl/α,β-unsaturated/α-hetero) is 1. The van der Waals surface area contributed by atoms with E-state index in [1.807, 2.05) is 20.8 Å². The largest absolute Gasteiger partial charge is 0.507 e. The van der Waals surface area contributed by atoms with Crippen molar-refractivity contribution in [2.75, 3.05) is 19.1 Å². The molecule has 0 radical (unpaired) electrons. The molecule has 1 fully saturated rings. The van der Waals surface area contributed by atoms with E-state index < -0.39 is 17.7 Å². The van der Waals surface area contributed by atoms with Crippen LogP contribution in [0.15, 0.2) is 72.3 Å². The van der Waals surface area contributed by atoms with Crippen molar-refractivity contribution in [1.82, 2.24) is 0 Å². The molecule has 3 aromatic carbocycles. The van der Waals surface area contributed by atoms with Gasteiger partial charge in [0.1, 0.15) is 17.3 Å². The van der Waals surface area contributed by atoms with Crippen LogP contribution in [-0.4, -0.2) is 43.1 Å². The van der Waals surface area contributed by atoms with Gasteiger partial charge in [-0.25, -0.2) is 0 Å². The minimum atomic E-state index is -0.894. The third-order valence-electron chi connectivity index (χ3n) is 6.48. The summed E-state index contributed by atoms with van der Waals surface area (Å²) in [4.78, 5) is 39.9. The predicted molar refractivity (Wildman–Crippen MR) is 147 cm³/mol. The Morgan fingerprint density at radius 2 is 1.64 bits per heavy atom. The fourth-order valence-electron chi connectivity index (χ4n) is 4.55. The monoisotopic (exact) mass is 529 g/mol. The van der Waals surface area contributed by atoms with Crippen molar-refractivity contribution >= 4 is 29.1 Å². The van der Waals surface area contributed by atoms with Crippen LogP contribution in [0.2, 0.25) is 0 Å². The van der Waals surface area contributed by atoms with Crippen LogP contribution >= 0.6 is 0 Å². The Labute approximate surface area is 227 Å². The number of carbonyl (C=O) groups excluding carboxylic acids is 3. The van der Waals surface area contributed by atoms with Gasteiger partial charge < -0.3 is 19.3 Å². The van der Waals surface area contributed by atoms with Crippen LogP contribution in [0, 0.1) is 6.92 Å². The van der Waals surface area contributed by atoms with Crippen molar-refractivity contribution < 1.29 is 33.7 Å². The van der Waals surface area contributed by atoms with E-state index in [2.05, 4.69) is 0 Å². The number of amides is 1. The van der Waals surface area contributed by atoms with Gasteiger partial charge in [0.2, 0.25) is 0 Å². The van der Waals surface area contributed by atoms with Gasteiger partial charge >= 0.3 is 5.97 Å². The van der Waals surface area contributed by atoms with Gasteiger partial charge in [-0.3, -0.25) is 19.3 Å². The zero-order valence-corrected chi connectivity index (χ0v) is 22.6.